The van der Waals surface area contributed by atoms with E-state index >= 15 is 0 Å². The van der Waals surface area contributed by atoms with Crippen LogP contribution in [0.25, 0.3) is 0 Å². The number of ether oxygens (including phenoxy) is 1. The molecule has 1 saturated carbocycles. The van der Waals surface area contributed by atoms with E-state index in [4.69, 9.17) is 4.74 Å². The van der Waals surface area contributed by atoms with Crippen molar-refractivity contribution in [3.63, 3.8) is 0 Å². The molecule has 2 aliphatic rings. The fourth-order valence-corrected chi connectivity index (χ4v) is 2.25. The van der Waals surface area contributed by atoms with Crippen LogP contribution in [0.3, 0.4) is 0 Å². The van der Waals surface area contributed by atoms with Crippen LogP contribution >= 0.6 is 0 Å². The second-order valence-electron chi connectivity index (χ2n) is 4.33. The van der Waals surface area contributed by atoms with Gasteiger partial charge in [0.25, 0.3) is 0 Å². The maximum Gasteiger partial charge on any atom is 0.113 e. The largest absolute Gasteiger partial charge is 0.390 e. The third-order valence-corrected chi connectivity index (χ3v) is 3.25. The minimum Gasteiger partial charge on any atom is -0.390 e. The van der Waals surface area contributed by atoms with Crippen molar-refractivity contribution in [1.82, 2.24) is 0 Å². The molecule has 2 rings (SSSR count). The number of fused-ring (bicyclic) bond motifs is 1. The van der Waals surface area contributed by atoms with Gasteiger partial charge in [-0.1, -0.05) is 12.2 Å². The molecule has 1 N–H and O–H groups in total. The predicted molar refractivity (Wildman–Crippen MR) is 46.8 cm³/mol. The molecule has 12 heavy (non-hydrogen) atoms. The number of aliphatic hydroxyl groups is 1. The van der Waals surface area contributed by atoms with Crippen molar-refractivity contribution in [3.8, 4) is 0 Å². The molecular weight excluding hydrogens is 152 g/mol. The van der Waals surface area contributed by atoms with Gasteiger partial charge in [0, 0.05) is 5.92 Å². The Morgan fingerprint density at radius 1 is 1.67 bits per heavy atom. The van der Waals surface area contributed by atoms with Gasteiger partial charge >= 0.3 is 0 Å². The zero-order valence-electron chi connectivity index (χ0n) is 7.71. The summed E-state index contributed by atoms with van der Waals surface area (Å²) in [6.45, 7) is 7.95. The van der Waals surface area contributed by atoms with Crippen molar-refractivity contribution in [2.45, 2.75) is 44.5 Å². The monoisotopic (exact) mass is 168 g/mol. The van der Waals surface area contributed by atoms with Crippen LogP contribution in [0.15, 0.2) is 12.2 Å². The van der Waals surface area contributed by atoms with Crippen LogP contribution < -0.4 is 0 Å². The molecule has 0 radical (unpaired) electrons. The first kappa shape index (κ1) is 8.27. The summed E-state index contributed by atoms with van der Waals surface area (Å²) in [5.41, 5.74) is 1.07. The van der Waals surface area contributed by atoms with Crippen LogP contribution in [-0.4, -0.2) is 22.9 Å². The molecule has 2 fully saturated rings. The Morgan fingerprint density at radius 3 is 2.92 bits per heavy atom. The lowest BCUT2D eigenvalue weighted by molar-refractivity contribution is 0.0839. The molecule has 2 heteroatoms. The Hall–Kier alpha value is -0.340. The van der Waals surface area contributed by atoms with E-state index in [1.165, 1.54) is 0 Å². The highest BCUT2D eigenvalue weighted by molar-refractivity contribution is 5.14. The van der Waals surface area contributed by atoms with E-state index in [-0.39, 0.29) is 23.7 Å². The molecule has 4 atom stereocenters. The first-order chi connectivity index (χ1) is 5.54. The second-order valence-corrected chi connectivity index (χ2v) is 4.33. The Balaban J connectivity index is 2.09. The minimum absolute atomic E-state index is 0.00856. The maximum atomic E-state index is 9.83. The number of rotatable bonds is 1. The van der Waals surface area contributed by atoms with E-state index in [1.54, 1.807) is 0 Å². The Kier molecular flexibility index (Phi) is 1.61. The molecule has 0 bridgehead atoms. The lowest BCUT2D eigenvalue weighted by Crippen LogP contribution is -2.36. The van der Waals surface area contributed by atoms with Gasteiger partial charge in [0.05, 0.1) is 11.7 Å². The molecular formula is C10H16O2. The minimum atomic E-state index is -0.318. The maximum absolute atomic E-state index is 9.83. The van der Waals surface area contributed by atoms with E-state index in [1.807, 2.05) is 6.92 Å². The highest BCUT2D eigenvalue weighted by Gasteiger charge is 2.60. The highest BCUT2D eigenvalue weighted by Crippen LogP contribution is 2.50. The standard InChI is InChI=1S/C10H16O2/c1-6(2)7-4-5-10(3)9(12-10)8(7)11/h7-9,11H,1,4-5H2,2-3H3. The summed E-state index contributed by atoms with van der Waals surface area (Å²) in [6, 6.07) is 0. The van der Waals surface area contributed by atoms with Crippen molar-refractivity contribution in [3.05, 3.63) is 12.2 Å². The first-order valence-corrected chi connectivity index (χ1v) is 4.56. The molecule has 0 aromatic rings. The van der Waals surface area contributed by atoms with Crippen molar-refractivity contribution < 1.29 is 9.84 Å². The molecule has 68 valence electrons. The summed E-state index contributed by atoms with van der Waals surface area (Å²) in [4.78, 5) is 0. The molecule has 0 amide bonds. The molecule has 1 saturated heterocycles. The summed E-state index contributed by atoms with van der Waals surface area (Å²) in [5, 5.41) is 9.83. The van der Waals surface area contributed by atoms with Crippen LogP contribution in [0.5, 0.6) is 0 Å². The predicted octanol–water partition coefficient (Wildman–Crippen LogP) is 1.49. The first-order valence-electron chi connectivity index (χ1n) is 4.56. The Bertz CT molecular complexity index is 224. The van der Waals surface area contributed by atoms with E-state index in [9.17, 15) is 5.11 Å². The zero-order valence-corrected chi connectivity index (χ0v) is 7.71. The van der Waals surface area contributed by atoms with Gasteiger partial charge in [-0.2, -0.15) is 0 Å². The van der Waals surface area contributed by atoms with E-state index < -0.39 is 0 Å². The van der Waals surface area contributed by atoms with Crippen LogP contribution in [0.2, 0.25) is 0 Å². The molecule has 4 unspecified atom stereocenters. The summed E-state index contributed by atoms with van der Waals surface area (Å²) < 4.78 is 5.47. The quantitative estimate of drug-likeness (QED) is 0.475. The topological polar surface area (TPSA) is 32.8 Å². The SMILES string of the molecule is C=C(C)C1CCC2(C)OC2C1O. The number of aliphatic hydroxyl groups excluding tert-OH is 1. The van der Waals surface area contributed by atoms with Gasteiger partial charge in [-0.05, 0) is 26.7 Å². The average Bonchev–Trinajstić information content (AvgIpc) is 2.62. The van der Waals surface area contributed by atoms with Crippen LogP contribution in [0, 0.1) is 5.92 Å². The van der Waals surface area contributed by atoms with E-state index in [0.29, 0.717) is 0 Å². The van der Waals surface area contributed by atoms with Gasteiger partial charge < -0.3 is 9.84 Å². The summed E-state index contributed by atoms with van der Waals surface area (Å²) in [7, 11) is 0. The van der Waals surface area contributed by atoms with Gasteiger partial charge in [0.1, 0.15) is 6.10 Å². The number of hydrogen-bond donors (Lipinski definition) is 1. The molecule has 1 aliphatic carbocycles. The third-order valence-electron chi connectivity index (χ3n) is 3.25. The fourth-order valence-electron chi connectivity index (χ4n) is 2.25. The lowest BCUT2D eigenvalue weighted by atomic mass is 9.78. The van der Waals surface area contributed by atoms with Gasteiger partial charge in [-0.15, -0.1) is 0 Å². The number of epoxide rings is 1. The lowest BCUT2D eigenvalue weighted by Gasteiger charge is -2.27. The van der Waals surface area contributed by atoms with Gasteiger partial charge in [-0.25, -0.2) is 0 Å². The van der Waals surface area contributed by atoms with Crippen LogP contribution in [0.1, 0.15) is 26.7 Å². The molecule has 1 heterocycles. The highest BCUT2D eigenvalue weighted by atomic mass is 16.6. The van der Waals surface area contributed by atoms with E-state index in [0.717, 1.165) is 18.4 Å². The molecule has 0 aromatic heterocycles. The Morgan fingerprint density at radius 2 is 2.33 bits per heavy atom. The van der Waals surface area contributed by atoms with Gasteiger partial charge in [-0.3, -0.25) is 0 Å². The molecule has 1 aliphatic heterocycles. The normalized spacial score (nSPS) is 51.4. The molecule has 0 spiro atoms. The zero-order chi connectivity index (χ0) is 8.93. The van der Waals surface area contributed by atoms with E-state index in [2.05, 4.69) is 13.5 Å². The summed E-state index contributed by atoms with van der Waals surface area (Å²) >= 11 is 0. The van der Waals surface area contributed by atoms with Crippen molar-refractivity contribution in [1.29, 1.82) is 0 Å². The Labute approximate surface area is 73.2 Å². The fraction of sp³-hybridized carbons (Fsp3) is 0.800. The van der Waals surface area contributed by atoms with Gasteiger partial charge in [0.2, 0.25) is 0 Å². The summed E-state index contributed by atoms with van der Waals surface area (Å²) in [6.07, 6.45) is 1.84. The van der Waals surface area contributed by atoms with Crippen LogP contribution in [0.4, 0.5) is 0 Å². The van der Waals surface area contributed by atoms with Gasteiger partial charge in [0.15, 0.2) is 0 Å². The molecule has 0 aromatic carbocycles. The van der Waals surface area contributed by atoms with Crippen molar-refractivity contribution in [2.24, 2.45) is 5.92 Å². The second kappa shape index (κ2) is 2.33. The smallest absolute Gasteiger partial charge is 0.113 e. The molecule has 2 nitrogen and oxygen atoms in total. The average molecular weight is 168 g/mol. The summed E-state index contributed by atoms with van der Waals surface area (Å²) in [5.74, 6) is 0.255. The van der Waals surface area contributed by atoms with Crippen molar-refractivity contribution in [2.75, 3.05) is 0 Å². The third kappa shape index (κ3) is 1.02. The van der Waals surface area contributed by atoms with Crippen molar-refractivity contribution >= 4 is 0 Å². The number of hydrogen-bond acceptors (Lipinski definition) is 2. The van der Waals surface area contributed by atoms with Crippen LogP contribution in [-0.2, 0) is 4.74 Å².